The molecule has 0 saturated carbocycles. The molecular weight excluding hydrogens is 474 g/mol. The molecule has 0 radical (unpaired) electrons. The first kappa shape index (κ1) is 23.3. The Morgan fingerprint density at radius 3 is 2.64 bits per heavy atom. The van der Waals surface area contributed by atoms with Crippen molar-refractivity contribution in [2.75, 3.05) is 23.3 Å². The van der Waals surface area contributed by atoms with E-state index in [1.165, 1.54) is 24.3 Å². The molecule has 3 aromatic rings. The maximum Gasteiger partial charge on any atom is 0.259 e. The minimum Gasteiger partial charge on any atom is -0.356 e. The van der Waals surface area contributed by atoms with Crippen molar-refractivity contribution in [2.24, 2.45) is 5.14 Å². The lowest BCUT2D eigenvalue weighted by Gasteiger charge is -2.24. The van der Waals surface area contributed by atoms with Gasteiger partial charge in [0.15, 0.2) is 0 Å². The summed E-state index contributed by atoms with van der Waals surface area (Å²) in [5.74, 6) is -3.09. The molecule has 0 unspecified atom stereocenters. The lowest BCUT2D eigenvalue weighted by atomic mass is 10.1. The number of rotatable bonds is 4. The lowest BCUT2D eigenvalue weighted by molar-refractivity contribution is -0.0102. The van der Waals surface area contributed by atoms with Gasteiger partial charge in [-0.25, -0.2) is 27.3 Å². The number of nitrogens with zero attached hydrogens (tertiary/aromatic N) is 2. The molecule has 4 rings (SSSR count). The standard InChI is InChI=1S/C22H21ClF2N4O3S/c23-18-6-2-7-19-16(18)13-17(20(28-19)29-10-3-8-22(24,25)9-11-29)21(30)27-14-4-1-5-15(12-14)33(26,31)32/h1-2,4-7,12-13H,3,8-11H2,(H,27,30)(H2,26,31,32). The minimum atomic E-state index is -3.96. The van der Waals surface area contributed by atoms with Gasteiger partial charge in [0.25, 0.3) is 5.91 Å². The van der Waals surface area contributed by atoms with Crippen molar-refractivity contribution < 1.29 is 22.0 Å². The summed E-state index contributed by atoms with van der Waals surface area (Å²) in [6, 6.07) is 12.2. The molecule has 1 saturated heterocycles. The van der Waals surface area contributed by atoms with E-state index in [0.717, 1.165) is 0 Å². The Bertz CT molecular complexity index is 1330. The molecule has 0 spiro atoms. The largest absolute Gasteiger partial charge is 0.356 e. The number of pyridine rings is 1. The van der Waals surface area contributed by atoms with Crippen LogP contribution in [-0.2, 0) is 10.0 Å². The smallest absolute Gasteiger partial charge is 0.259 e. The molecule has 1 fully saturated rings. The van der Waals surface area contributed by atoms with Crippen molar-refractivity contribution in [3.05, 3.63) is 59.1 Å². The normalized spacial score (nSPS) is 16.4. The van der Waals surface area contributed by atoms with Crippen LogP contribution < -0.4 is 15.4 Å². The van der Waals surface area contributed by atoms with Gasteiger partial charge < -0.3 is 10.2 Å². The second kappa shape index (κ2) is 8.85. The number of hydrogen-bond acceptors (Lipinski definition) is 5. The fourth-order valence-electron chi connectivity index (χ4n) is 3.78. The second-order valence-electron chi connectivity index (χ2n) is 7.89. The van der Waals surface area contributed by atoms with Crippen LogP contribution in [0.2, 0.25) is 5.02 Å². The SMILES string of the molecule is NS(=O)(=O)c1cccc(NC(=O)c2cc3c(Cl)cccc3nc2N2CCCC(F)(F)CC2)c1. The summed E-state index contributed by atoms with van der Waals surface area (Å²) < 4.78 is 51.2. The van der Waals surface area contributed by atoms with Crippen molar-refractivity contribution in [3.8, 4) is 0 Å². The number of amides is 1. The molecule has 33 heavy (non-hydrogen) atoms. The fourth-order valence-corrected chi connectivity index (χ4v) is 4.57. The van der Waals surface area contributed by atoms with Crippen LogP contribution in [0.25, 0.3) is 10.9 Å². The van der Waals surface area contributed by atoms with E-state index >= 15 is 0 Å². The average Bonchev–Trinajstić information content (AvgIpc) is 2.93. The number of halogens is 3. The maximum absolute atomic E-state index is 13.9. The number of sulfonamides is 1. The van der Waals surface area contributed by atoms with E-state index in [9.17, 15) is 22.0 Å². The molecule has 174 valence electrons. The Kier molecular flexibility index (Phi) is 6.26. The average molecular weight is 495 g/mol. The Morgan fingerprint density at radius 1 is 1.12 bits per heavy atom. The van der Waals surface area contributed by atoms with Crippen LogP contribution in [0.5, 0.6) is 0 Å². The first-order chi connectivity index (χ1) is 15.5. The number of carbonyl (C=O) groups is 1. The molecule has 1 aliphatic rings. The van der Waals surface area contributed by atoms with Gasteiger partial charge in [-0.05, 0) is 42.8 Å². The molecule has 1 aromatic heterocycles. The first-order valence-corrected chi connectivity index (χ1v) is 12.1. The van der Waals surface area contributed by atoms with E-state index in [4.69, 9.17) is 16.7 Å². The number of alkyl halides is 2. The van der Waals surface area contributed by atoms with E-state index in [1.807, 2.05) is 0 Å². The van der Waals surface area contributed by atoms with Gasteiger partial charge in [0, 0.05) is 42.0 Å². The molecule has 2 aromatic carbocycles. The van der Waals surface area contributed by atoms with Crippen LogP contribution >= 0.6 is 11.6 Å². The number of primary sulfonamides is 1. The zero-order chi connectivity index (χ0) is 23.8. The van der Waals surface area contributed by atoms with E-state index < -0.39 is 21.9 Å². The second-order valence-corrected chi connectivity index (χ2v) is 9.86. The summed E-state index contributed by atoms with van der Waals surface area (Å²) in [4.78, 5) is 19.4. The van der Waals surface area contributed by atoms with Crippen molar-refractivity contribution in [1.29, 1.82) is 0 Å². The molecule has 7 nitrogen and oxygen atoms in total. The summed E-state index contributed by atoms with van der Waals surface area (Å²) >= 11 is 6.30. The predicted molar refractivity (Wildman–Crippen MR) is 124 cm³/mol. The molecule has 2 heterocycles. The monoisotopic (exact) mass is 494 g/mol. The highest BCUT2D eigenvalue weighted by molar-refractivity contribution is 7.89. The van der Waals surface area contributed by atoms with Crippen LogP contribution in [0.15, 0.2) is 53.4 Å². The Morgan fingerprint density at radius 2 is 1.88 bits per heavy atom. The van der Waals surface area contributed by atoms with Gasteiger partial charge in [0.05, 0.1) is 16.0 Å². The first-order valence-electron chi connectivity index (χ1n) is 10.2. The summed E-state index contributed by atoms with van der Waals surface area (Å²) in [5, 5.41) is 8.74. The summed E-state index contributed by atoms with van der Waals surface area (Å²) in [5.41, 5.74) is 0.877. The summed E-state index contributed by atoms with van der Waals surface area (Å²) in [6.07, 6.45) is -0.329. The zero-order valence-electron chi connectivity index (χ0n) is 17.4. The molecule has 1 amide bonds. The van der Waals surface area contributed by atoms with E-state index in [-0.39, 0.29) is 47.8 Å². The van der Waals surface area contributed by atoms with Gasteiger partial charge in [-0.2, -0.15) is 0 Å². The zero-order valence-corrected chi connectivity index (χ0v) is 19.0. The van der Waals surface area contributed by atoms with Crippen molar-refractivity contribution >= 4 is 49.9 Å². The molecule has 0 aliphatic carbocycles. The Labute approximate surface area is 194 Å². The number of nitrogens with one attached hydrogen (secondary N) is 1. The van der Waals surface area contributed by atoms with Gasteiger partial charge in [-0.3, -0.25) is 4.79 Å². The number of hydrogen-bond donors (Lipinski definition) is 2. The van der Waals surface area contributed by atoms with E-state index in [0.29, 0.717) is 22.5 Å². The summed E-state index contributed by atoms with van der Waals surface area (Å²) in [6.45, 7) is 0.350. The highest BCUT2D eigenvalue weighted by atomic mass is 35.5. The summed E-state index contributed by atoms with van der Waals surface area (Å²) in [7, 11) is -3.96. The minimum absolute atomic E-state index is 0.0350. The van der Waals surface area contributed by atoms with E-state index in [2.05, 4.69) is 10.3 Å². The molecule has 0 bridgehead atoms. The topological polar surface area (TPSA) is 105 Å². The van der Waals surface area contributed by atoms with Crippen LogP contribution in [0.3, 0.4) is 0 Å². The Hall–Kier alpha value is -2.82. The van der Waals surface area contributed by atoms with Gasteiger partial charge in [-0.1, -0.05) is 23.7 Å². The van der Waals surface area contributed by atoms with Gasteiger partial charge in [0.1, 0.15) is 5.82 Å². The van der Waals surface area contributed by atoms with Gasteiger partial charge in [0.2, 0.25) is 15.9 Å². The third kappa shape index (κ3) is 5.23. The third-order valence-electron chi connectivity index (χ3n) is 5.47. The number of anilines is 2. The third-order valence-corrected chi connectivity index (χ3v) is 6.71. The molecule has 1 aliphatic heterocycles. The molecular formula is C22H21ClF2N4O3S. The van der Waals surface area contributed by atoms with E-state index in [1.54, 1.807) is 29.2 Å². The quantitative estimate of drug-likeness (QED) is 0.558. The van der Waals surface area contributed by atoms with Crippen molar-refractivity contribution in [1.82, 2.24) is 4.98 Å². The van der Waals surface area contributed by atoms with Gasteiger partial charge >= 0.3 is 0 Å². The number of nitrogens with two attached hydrogens (primary N) is 1. The van der Waals surface area contributed by atoms with Crippen molar-refractivity contribution in [3.63, 3.8) is 0 Å². The number of fused-ring (bicyclic) bond motifs is 1. The molecule has 11 heteroatoms. The van der Waals surface area contributed by atoms with Crippen LogP contribution in [-0.4, -0.2) is 38.3 Å². The van der Waals surface area contributed by atoms with Crippen LogP contribution in [0, 0.1) is 0 Å². The lowest BCUT2D eigenvalue weighted by Crippen LogP contribution is -2.29. The highest BCUT2D eigenvalue weighted by Gasteiger charge is 2.33. The van der Waals surface area contributed by atoms with Crippen LogP contribution in [0.1, 0.15) is 29.6 Å². The van der Waals surface area contributed by atoms with Gasteiger partial charge in [-0.15, -0.1) is 0 Å². The Balaban J connectivity index is 1.76. The molecule has 3 N–H and O–H groups in total. The number of carbonyl (C=O) groups excluding carboxylic acids is 1. The highest BCUT2D eigenvalue weighted by Crippen LogP contribution is 2.33. The van der Waals surface area contributed by atoms with Crippen molar-refractivity contribution in [2.45, 2.75) is 30.1 Å². The predicted octanol–water partition coefficient (Wildman–Crippen LogP) is 4.41. The van der Waals surface area contributed by atoms with Crippen LogP contribution in [0.4, 0.5) is 20.3 Å². The number of benzene rings is 2. The maximum atomic E-state index is 13.9. The fraction of sp³-hybridized carbons (Fsp3) is 0.273. The number of aromatic nitrogens is 1. The molecule has 0 atom stereocenters.